The predicted octanol–water partition coefficient (Wildman–Crippen LogP) is 2.81. The average molecular weight is 510 g/mol. The molecule has 10 heteroatoms. The normalized spacial score (nSPS) is 22.9. The molecule has 2 atom stereocenters. The molecule has 1 aromatic heterocycles. The van der Waals surface area contributed by atoms with E-state index in [9.17, 15) is 14.4 Å². The predicted molar refractivity (Wildman–Crippen MR) is 139 cm³/mol. The summed E-state index contributed by atoms with van der Waals surface area (Å²) in [6, 6.07) is 6.85. The van der Waals surface area contributed by atoms with Crippen molar-refractivity contribution in [3.8, 4) is 0 Å². The van der Waals surface area contributed by atoms with E-state index in [2.05, 4.69) is 10.6 Å². The van der Waals surface area contributed by atoms with E-state index in [4.69, 9.17) is 14.1 Å². The van der Waals surface area contributed by atoms with Crippen molar-refractivity contribution in [2.45, 2.75) is 64.0 Å². The van der Waals surface area contributed by atoms with Gasteiger partial charge >= 0.3 is 0 Å². The van der Waals surface area contributed by atoms with Crippen LogP contribution < -0.4 is 10.6 Å². The Labute approximate surface area is 216 Å². The van der Waals surface area contributed by atoms with Gasteiger partial charge in [0.25, 0.3) is 5.91 Å². The van der Waals surface area contributed by atoms with Crippen LogP contribution in [0.15, 0.2) is 33.7 Å². The van der Waals surface area contributed by atoms with Crippen molar-refractivity contribution in [2.24, 2.45) is 4.99 Å². The van der Waals surface area contributed by atoms with E-state index in [1.165, 1.54) is 0 Å². The Morgan fingerprint density at radius 3 is 2.65 bits per heavy atom. The van der Waals surface area contributed by atoms with Crippen LogP contribution in [0.25, 0.3) is 11.0 Å². The van der Waals surface area contributed by atoms with Crippen LogP contribution in [0.4, 0.5) is 5.69 Å². The number of guanidine groups is 1. The summed E-state index contributed by atoms with van der Waals surface area (Å²) in [4.78, 5) is 47.3. The van der Waals surface area contributed by atoms with Gasteiger partial charge < -0.3 is 24.3 Å². The molecule has 37 heavy (non-hydrogen) atoms. The fourth-order valence-corrected chi connectivity index (χ4v) is 5.22. The Kier molecular flexibility index (Phi) is 7.73. The third kappa shape index (κ3) is 6.12. The van der Waals surface area contributed by atoms with Gasteiger partial charge in [-0.15, -0.1) is 0 Å². The highest BCUT2D eigenvalue weighted by Crippen LogP contribution is 2.23. The van der Waals surface area contributed by atoms with Crippen LogP contribution in [0.2, 0.25) is 0 Å². The van der Waals surface area contributed by atoms with Gasteiger partial charge in [0.2, 0.25) is 17.8 Å². The number of anilines is 1. The lowest BCUT2D eigenvalue weighted by Gasteiger charge is -2.25. The smallest absolute Gasteiger partial charge is 0.255 e. The number of aliphatic imine (C=N–C) groups is 1. The molecule has 2 aromatic rings. The van der Waals surface area contributed by atoms with Crippen LogP contribution in [0, 0.1) is 6.92 Å². The number of amides is 3. The van der Waals surface area contributed by atoms with E-state index in [0.717, 1.165) is 61.9 Å². The van der Waals surface area contributed by atoms with Crippen molar-refractivity contribution >= 4 is 40.3 Å². The molecule has 1 aromatic carbocycles. The molecule has 3 fully saturated rings. The quantitative estimate of drug-likeness (QED) is 0.473. The van der Waals surface area contributed by atoms with E-state index in [-0.39, 0.29) is 30.2 Å². The van der Waals surface area contributed by atoms with Gasteiger partial charge in [0, 0.05) is 37.3 Å². The lowest BCUT2D eigenvalue weighted by Crippen LogP contribution is -2.46. The second-order valence-electron chi connectivity index (χ2n) is 10.1. The second kappa shape index (κ2) is 11.3. The summed E-state index contributed by atoms with van der Waals surface area (Å²) in [6.45, 7) is 4.56. The fraction of sp³-hybridized carbons (Fsp3) is 0.556. The minimum absolute atomic E-state index is 0.00998. The number of nitrogens with zero attached hydrogens (tertiary/aromatic N) is 3. The number of likely N-dealkylation sites (tertiary alicyclic amines) is 2. The Hall–Kier alpha value is -3.40. The summed E-state index contributed by atoms with van der Waals surface area (Å²) >= 11 is 0. The molecule has 2 unspecified atom stereocenters. The van der Waals surface area contributed by atoms with Crippen LogP contribution >= 0.6 is 0 Å². The Morgan fingerprint density at radius 1 is 1.05 bits per heavy atom. The van der Waals surface area contributed by atoms with Crippen molar-refractivity contribution in [1.82, 2.24) is 15.1 Å². The van der Waals surface area contributed by atoms with Crippen molar-refractivity contribution < 1.29 is 23.5 Å². The number of furan rings is 1. The second-order valence-corrected chi connectivity index (χ2v) is 10.1. The molecule has 2 N–H and O–H groups in total. The minimum Gasteiger partial charge on any atom is -0.461 e. The van der Waals surface area contributed by atoms with Crippen molar-refractivity contribution in [2.75, 3.05) is 38.1 Å². The molecule has 5 rings (SSSR count). The van der Waals surface area contributed by atoms with E-state index >= 15 is 0 Å². The SMILES string of the molecule is Cc1cc2cc(NC(=NC3CCCCN(CC(=O)N4CCCC4)C3=O)NC(=O)C3CCCO3)ccc2o1. The van der Waals surface area contributed by atoms with Gasteiger partial charge in [-0.05, 0) is 76.1 Å². The zero-order chi connectivity index (χ0) is 25.8. The number of benzene rings is 1. The zero-order valence-corrected chi connectivity index (χ0v) is 21.3. The molecular weight excluding hydrogens is 474 g/mol. The van der Waals surface area contributed by atoms with Crippen LogP contribution in [0.1, 0.15) is 50.7 Å². The van der Waals surface area contributed by atoms with Gasteiger partial charge in [-0.2, -0.15) is 0 Å². The van der Waals surface area contributed by atoms with E-state index in [1.807, 2.05) is 36.1 Å². The van der Waals surface area contributed by atoms with Gasteiger partial charge in [-0.3, -0.25) is 19.7 Å². The first-order valence-corrected chi connectivity index (χ1v) is 13.3. The Bertz CT molecular complexity index is 1180. The first kappa shape index (κ1) is 25.3. The maximum absolute atomic E-state index is 13.5. The monoisotopic (exact) mass is 509 g/mol. The van der Waals surface area contributed by atoms with E-state index < -0.39 is 12.1 Å². The lowest BCUT2D eigenvalue weighted by molar-refractivity contribution is -0.140. The Balaban J connectivity index is 1.36. The third-order valence-electron chi connectivity index (χ3n) is 7.19. The maximum Gasteiger partial charge on any atom is 0.255 e. The number of fused-ring (bicyclic) bond motifs is 1. The standard InChI is InChI=1S/C27H35N5O5/c1-18-15-19-16-20(9-10-22(19)37-18)28-27(30-25(34)23-8-6-14-36-23)29-21-7-2-3-13-32(26(21)35)17-24(33)31-11-4-5-12-31/h9-10,15-16,21,23H,2-8,11-14,17H2,1H3,(H2,28,29,30,34). The summed E-state index contributed by atoms with van der Waals surface area (Å²) in [5.74, 6) is 0.526. The molecule has 0 radical (unpaired) electrons. The summed E-state index contributed by atoms with van der Waals surface area (Å²) in [5, 5.41) is 6.97. The summed E-state index contributed by atoms with van der Waals surface area (Å²) < 4.78 is 11.2. The number of hydrogen-bond donors (Lipinski definition) is 2. The van der Waals surface area contributed by atoms with Crippen LogP contribution in [-0.4, -0.2) is 78.4 Å². The number of carbonyl (C=O) groups is 3. The van der Waals surface area contributed by atoms with Crippen LogP contribution in [0.5, 0.6) is 0 Å². The number of carbonyl (C=O) groups excluding carboxylic acids is 3. The van der Waals surface area contributed by atoms with Gasteiger partial charge in [-0.25, -0.2) is 4.99 Å². The molecule has 0 bridgehead atoms. The molecule has 3 amide bonds. The summed E-state index contributed by atoms with van der Waals surface area (Å²) in [7, 11) is 0. The highest BCUT2D eigenvalue weighted by atomic mass is 16.5. The van der Waals surface area contributed by atoms with Gasteiger partial charge in [-0.1, -0.05) is 0 Å². The Morgan fingerprint density at radius 2 is 1.86 bits per heavy atom. The molecule has 10 nitrogen and oxygen atoms in total. The topological polar surface area (TPSA) is 116 Å². The van der Waals surface area contributed by atoms with Crippen molar-refractivity contribution in [1.29, 1.82) is 0 Å². The number of ether oxygens (including phenoxy) is 1. The molecule has 198 valence electrons. The van der Waals surface area contributed by atoms with E-state index in [0.29, 0.717) is 31.7 Å². The molecule has 3 saturated heterocycles. The molecule has 3 aliphatic heterocycles. The first-order chi connectivity index (χ1) is 18.0. The first-order valence-electron chi connectivity index (χ1n) is 13.3. The van der Waals surface area contributed by atoms with Gasteiger partial charge in [0.1, 0.15) is 23.5 Å². The summed E-state index contributed by atoms with van der Waals surface area (Å²) in [6.07, 6.45) is 5.13. The number of nitrogens with one attached hydrogen (secondary N) is 2. The van der Waals surface area contributed by atoms with Gasteiger partial charge in [0.15, 0.2) is 0 Å². The number of hydrogen-bond acceptors (Lipinski definition) is 6. The zero-order valence-electron chi connectivity index (χ0n) is 21.3. The largest absolute Gasteiger partial charge is 0.461 e. The maximum atomic E-state index is 13.5. The number of aryl methyl sites for hydroxylation is 1. The molecular formula is C27H35N5O5. The van der Waals surface area contributed by atoms with Crippen molar-refractivity contribution in [3.05, 3.63) is 30.0 Å². The minimum atomic E-state index is -0.693. The highest BCUT2D eigenvalue weighted by molar-refractivity contribution is 6.07. The van der Waals surface area contributed by atoms with Gasteiger partial charge in [0.05, 0.1) is 6.54 Å². The van der Waals surface area contributed by atoms with Crippen molar-refractivity contribution in [3.63, 3.8) is 0 Å². The molecule has 0 saturated carbocycles. The lowest BCUT2D eigenvalue weighted by atomic mass is 10.1. The van der Waals surface area contributed by atoms with E-state index in [1.54, 1.807) is 4.90 Å². The number of rotatable bonds is 5. The van der Waals surface area contributed by atoms with Crippen LogP contribution in [-0.2, 0) is 19.1 Å². The van der Waals surface area contributed by atoms with Crippen LogP contribution in [0.3, 0.4) is 0 Å². The fourth-order valence-electron chi connectivity index (χ4n) is 5.22. The highest BCUT2D eigenvalue weighted by Gasteiger charge is 2.31. The summed E-state index contributed by atoms with van der Waals surface area (Å²) in [5.41, 5.74) is 1.48. The third-order valence-corrected chi connectivity index (χ3v) is 7.19. The molecule has 3 aliphatic rings. The molecule has 0 spiro atoms. The molecule has 0 aliphatic carbocycles. The average Bonchev–Trinajstić information content (AvgIpc) is 3.64. The molecule has 4 heterocycles.